The van der Waals surface area contributed by atoms with E-state index in [2.05, 4.69) is 13.2 Å². The molecule has 0 rings (SSSR count). The summed E-state index contributed by atoms with van der Waals surface area (Å²) < 4.78 is 0. The van der Waals surface area contributed by atoms with Crippen molar-refractivity contribution in [2.45, 2.75) is 13.3 Å². The molecule has 0 heterocycles. The van der Waals surface area contributed by atoms with Gasteiger partial charge in [-0.2, -0.15) is 0 Å². The van der Waals surface area contributed by atoms with Crippen molar-refractivity contribution >= 4 is 0 Å². The Morgan fingerprint density at radius 2 is 2.00 bits per heavy atom. The molecule has 0 aliphatic heterocycles. The maximum absolute atomic E-state index is 5.57. The van der Waals surface area contributed by atoms with E-state index in [9.17, 15) is 0 Å². The van der Waals surface area contributed by atoms with E-state index >= 15 is 0 Å². The molecule has 0 aromatic carbocycles. The Morgan fingerprint density at radius 1 is 1.33 bits per heavy atom. The second kappa shape index (κ2) is 6.62. The second-order valence-corrected chi connectivity index (χ2v) is 2.45. The maximum Gasteiger partial charge on any atom is 0.0180 e. The van der Waals surface area contributed by atoms with Crippen LogP contribution in [0.3, 0.4) is 0 Å². The molecule has 0 bridgehead atoms. The zero-order valence-corrected chi connectivity index (χ0v) is 7.72. The normalized spacial score (nSPS) is 12.8. The van der Waals surface area contributed by atoms with E-state index < -0.39 is 0 Å². The van der Waals surface area contributed by atoms with Gasteiger partial charge in [0, 0.05) is 6.54 Å². The Bertz CT molecular complexity index is 209. The number of nitrogens with two attached hydrogens (primary N) is 1. The summed E-state index contributed by atoms with van der Waals surface area (Å²) in [5.41, 5.74) is 7.86. The van der Waals surface area contributed by atoms with Crippen LogP contribution >= 0.6 is 0 Å². The van der Waals surface area contributed by atoms with Crippen LogP contribution in [0.5, 0.6) is 0 Å². The third-order valence-electron chi connectivity index (χ3n) is 1.61. The number of hydrogen-bond donors (Lipinski definition) is 1. The van der Waals surface area contributed by atoms with Crippen LogP contribution in [0.1, 0.15) is 13.3 Å². The summed E-state index contributed by atoms with van der Waals surface area (Å²) in [6, 6.07) is 0. The molecule has 0 spiro atoms. The van der Waals surface area contributed by atoms with Crippen molar-refractivity contribution in [3.63, 3.8) is 0 Å². The highest BCUT2D eigenvalue weighted by atomic mass is 14.5. The Kier molecular flexibility index (Phi) is 6.02. The van der Waals surface area contributed by atoms with Gasteiger partial charge in [-0.25, -0.2) is 0 Å². The van der Waals surface area contributed by atoms with Gasteiger partial charge in [-0.3, -0.25) is 0 Å². The maximum atomic E-state index is 5.57. The van der Waals surface area contributed by atoms with E-state index in [0.717, 1.165) is 17.6 Å². The van der Waals surface area contributed by atoms with Crippen LogP contribution in [0.25, 0.3) is 0 Å². The highest BCUT2D eigenvalue weighted by Crippen LogP contribution is 2.10. The lowest BCUT2D eigenvalue weighted by atomic mass is 10.0. The van der Waals surface area contributed by atoms with E-state index in [1.807, 2.05) is 31.2 Å². The minimum atomic E-state index is 0.555. The SMILES string of the molecule is C=CC/C(C=C)=C(\C=C/C)CN. The predicted octanol–water partition coefficient (Wildman–Crippen LogP) is 2.58. The van der Waals surface area contributed by atoms with Crippen LogP contribution in [0.4, 0.5) is 0 Å². The molecule has 2 N–H and O–H groups in total. The van der Waals surface area contributed by atoms with E-state index in [-0.39, 0.29) is 0 Å². The Hall–Kier alpha value is -1.08. The molecule has 1 heteroatoms. The van der Waals surface area contributed by atoms with Crippen LogP contribution in [0.15, 0.2) is 48.6 Å². The summed E-state index contributed by atoms with van der Waals surface area (Å²) in [6.07, 6.45) is 8.52. The van der Waals surface area contributed by atoms with E-state index in [1.54, 1.807) is 0 Å². The number of allylic oxidation sites excluding steroid dienone is 4. The van der Waals surface area contributed by atoms with Crippen molar-refractivity contribution in [2.24, 2.45) is 5.73 Å². The molecule has 0 saturated carbocycles. The van der Waals surface area contributed by atoms with Crippen molar-refractivity contribution in [3.05, 3.63) is 48.6 Å². The Morgan fingerprint density at radius 3 is 2.33 bits per heavy atom. The minimum Gasteiger partial charge on any atom is -0.326 e. The molecule has 0 aromatic rings. The van der Waals surface area contributed by atoms with Gasteiger partial charge in [0.2, 0.25) is 0 Å². The molecule has 1 nitrogen and oxygen atoms in total. The first kappa shape index (κ1) is 10.9. The Balaban J connectivity index is 4.71. The molecule has 0 saturated heterocycles. The molecular formula is C11H17N. The number of hydrogen-bond acceptors (Lipinski definition) is 1. The highest BCUT2D eigenvalue weighted by molar-refractivity contribution is 5.34. The molecule has 0 aliphatic carbocycles. The van der Waals surface area contributed by atoms with Gasteiger partial charge in [0.05, 0.1) is 0 Å². The van der Waals surface area contributed by atoms with Crippen molar-refractivity contribution in [1.82, 2.24) is 0 Å². The summed E-state index contributed by atoms with van der Waals surface area (Å²) in [5, 5.41) is 0. The van der Waals surface area contributed by atoms with Crippen molar-refractivity contribution in [1.29, 1.82) is 0 Å². The summed E-state index contributed by atoms with van der Waals surface area (Å²) in [4.78, 5) is 0. The van der Waals surface area contributed by atoms with Gasteiger partial charge in [0.15, 0.2) is 0 Å². The fourth-order valence-electron chi connectivity index (χ4n) is 1.01. The lowest BCUT2D eigenvalue weighted by molar-refractivity contribution is 1.12. The molecular weight excluding hydrogens is 146 g/mol. The second-order valence-electron chi connectivity index (χ2n) is 2.45. The highest BCUT2D eigenvalue weighted by Gasteiger charge is 1.95. The monoisotopic (exact) mass is 163 g/mol. The van der Waals surface area contributed by atoms with Gasteiger partial charge in [0.1, 0.15) is 0 Å². The molecule has 0 aromatic heterocycles. The van der Waals surface area contributed by atoms with Gasteiger partial charge in [-0.15, -0.1) is 6.58 Å². The van der Waals surface area contributed by atoms with Crippen LogP contribution in [-0.4, -0.2) is 6.54 Å². The molecule has 0 amide bonds. The average Bonchev–Trinajstić information content (AvgIpc) is 2.11. The van der Waals surface area contributed by atoms with Crippen LogP contribution in [0, 0.1) is 0 Å². The minimum absolute atomic E-state index is 0.555. The topological polar surface area (TPSA) is 26.0 Å². The fraction of sp³-hybridized carbons (Fsp3) is 0.273. The quantitative estimate of drug-likeness (QED) is 0.489. The third kappa shape index (κ3) is 3.35. The Labute approximate surface area is 75.0 Å². The van der Waals surface area contributed by atoms with Crippen LogP contribution in [0.2, 0.25) is 0 Å². The summed E-state index contributed by atoms with van der Waals surface area (Å²) in [6.45, 7) is 9.95. The first-order valence-corrected chi connectivity index (χ1v) is 4.08. The smallest absolute Gasteiger partial charge is 0.0180 e. The van der Waals surface area contributed by atoms with Gasteiger partial charge in [-0.05, 0) is 24.5 Å². The van der Waals surface area contributed by atoms with Crippen LogP contribution in [-0.2, 0) is 0 Å². The van der Waals surface area contributed by atoms with Crippen molar-refractivity contribution in [2.75, 3.05) is 6.54 Å². The lowest BCUT2D eigenvalue weighted by Gasteiger charge is -2.03. The molecule has 0 radical (unpaired) electrons. The van der Waals surface area contributed by atoms with Crippen molar-refractivity contribution in [3.8, 4) is 0 Å². The largest absolute Gasteiger partial charge is 0.326 e. The summed E-state index contributed by atoms with van der Waals surface area (Å²) >= 11 is 0. The van der Waals surface area contributed by atoms with E-state index in [0.29, 0.717) is 6.54 Å². The summed E-state index contributed by atoms with van der Waals surface area (Å²) in [7, 11) is 0. The van der Waals surface area contributed by atoms with Crippen molar-refractivity contribution < 1.29 is 0 Å². The molecule has 0 atom stereocenters. The zero-order chi connectivity index (χ0) is 9.40. The van der Waals surface area contributed by atoms with E-state index in [4.69, 9.17) is 5.73 Å². The standard InChI is InChI=1S/C11H17N/c1-4-7-10(6-3)11(9-12)8-5-2/h4-6,8H,1,3,7,9,12H2,2H3/b8-5-,11-10+. The number of rotatable bonds is 5. The van der Waals surface area contributed by atoms with Gasteiger partial charge in [0.25, 0.3) is 0 Å². The van der Waals surface area contributed by atoms with Gasteiger partial charge >= 0.3 is 0 Å². The third-order valence-corrected chi connectivity index (χ3v) is 1.61. The molecule has 0 aliphatic rings. The molecule has 0 fully saturated rings. The van der Waals surface area contributed by atoms with Crippen LogP contribution < -0.4 is 5.73 Å². The van der Waals surface area contributed by atoms with Gasteiger partial charge in [-0.1, -0.05) is 30.9 Å². The zero-order valence-electron chi connectivity index (χ0n) is 7.72. The molecule has 66 valence electrons. The predicted molar refractivity (Wildman–Crippen MR) is 55.9 cm³/mol. The molecule has 12 heavy (non-hydrogen) atoms. The lowest BCUT2D eigenvalue weighted by Crippen LogP contribution is -2.03. The first-order valence-electron chi connectivity index (χ1n) is 4.08. The van der Waals surface area contributed by atoms with E-state index in [1.165, 1.54) is 0 Å². The summed E-state index contributed by atoms with van der Waals surface area (Å²) in [5.74, 6) is 0. The fourth-order valence-corrected chi connectivity index (χ4v) is 1.01. The van der Waals surface area contributed by atoms with Gasteiger partial charge < -0.3 is 5.73 Å². The average molecular weight is 163 g/mol. The molecule has 0 unspecified atom stereocenters. The first-order chi connectivity index (χ1) is 5.79.